The summed E-state index contributed by atoms with van der Waals surface area (Å²) in [6.07, 6.45) is 0.225. The molecule has 3 N–H and O–H groups in total. The zero-order chi connectivity index (χ0) is 18.2. The van der Waals surface area contributed by atoms with Gasteiger partial charge in [0.1, 0.15) is 0 Å². The Morgan fingerprint density at radius 2 is 1.64 bits per heavy atom. The maximum absolute atomic E-state index is 12.0. The van der Waals surface area contributed by atoms with Gasteiger partial charge in [-0.1, -0.05) is 60.1 Å². The first-order valence-electron chi connectivity index (χ1n) is 7.45. The van der Waals surface area contributed by atoms with E-state index in [2.05, 4.69) is 22.7 Å². The van der Waals surface area contributed by atoms with Gasteiger partial charge < -0.3 is 10.7 Å². The summed E-state index contributed by atoms with van der Waals surface area (Å²) in [5.41, 5.74) is 6.93. The molecule has 0 saturated heterocycles. The van der Waals surface area contributed by atoms with Crippen molar-refractivity contribution in [1.82, 2.24) is 10.9 Å². The number of halogens is 2. The van der Waals surface area contributed by atoms with E-state index in [1.165, 1.54) is 0 Å². The van der Waals surface area contributed by atoms with E-state index < -0.39 is 0 Å². The average molecular weight is 378 g/mol. The van der Waals surface area contributed by atoms with Crippen molar-refractivity contribution in [3.63, 3.8) is 0 Å². The van der Waals surface area contributed by atoms with Crippen molar-refractivity contribution in [2.24, 2.45) is 0 Å². The SMILES string of the molecule is C=C(CC(=O)Nc1ccc(Cl)c(Cl)c1)NNC(=O)Cc1ccccc1. The lowest BCUT2D eigenvalue weighted by Crippen LogP contribution is -2.38. The molecular formula is C18H17Cl2N3O2. The number of rotatable bonds is 7. The highest BCUT2D eigenvalue weighted by Crippen LogP contribution is 2.25. The van der Waals surface area contributed by atoms with Crippen LogP contribution in [0.5, 0.6) is 0 Å². The molecule has 5 nitrogen and oxygen atoms in total. The second-order valence-electron chi connectivity index (χ2n) is 5.29. The molecule has 130 valence electrons. The number of nitrogens with one attached hydrogen (secondary N) is 3. The second kappa shape index (κ2) is 9.11. The summed E-state index contributed by atoms with van der Waals surface area (Å²) in [5.74, 6) is -0.523. The summed E-state index contributed by atoms with van der Waals surface area (Å²) in [6.45, 7) is 3.71. The van der Waals surface area contributed by atoms with Crippen LogP contribution in [-0.2, 0) is 16.0 Å². The van der Waals surface area contributed by atoms with E-state index in [-0.39, 0.29) is 24.7 Å². The fourth-order valence-corrected chi connectivity index (χ4v) is 2.30. The predicted molar refractivity (Wildman–Crippen MR) is 100 cm³/mol. The molecule has 0 atom stereocenters. The number of amides is 2. The third-order valence-electron chi connectivity index (χ3n) is 3.16. The van der Waals surface area contributed by atoms with Gasteiger partial charge in [0.2, 0.25) is 11.8 Å². The van der Waals surface area contributed by atoms with Crippen LogP contribution in [0.15, 0.2) is 60.8 Å². The summed E-state index contributed by atoms with van der Waals surface area (Å²) in [7, 11) is 0. The van der Waals surface area contributed by atoms with Crippen molar-refractivity contribution in [2.75, 3.05) is 5.32 Å². The molecule has 2 aromatic rings. The molecule has 0 aromatic heterocycles. The number of hydrogen-bond acceptors (Lipinski definition) is 3. The van der Waals surface area contributed by atoms with Gasteiger partial charge >= 0.3 is 0 Å². The highest BCUT2D eigenvalue weighted by atomic mass is 35.5. The third-order valence-corrected chi connectivity index (χ3v) is 3.90. The Kier molecular flexibility index (Phi) is 6.86. The van der Waals surface area contributed by atoms with E-state index in [0.29, 0.717) is 21.4 Å². The van der Waals surface area contributed by atoms with Crippen molar-refractivity contribution in [3.8, 4) is 0 Å². The van der Waals surface area contributed by atoms with Gasteiger partial charge in [-0.25, -0.2) is 0 Å². The lowest BCUT2D eigenvalue weighted by atomic mass is 10.1. The Hall–Kier alpha value is -2.50. The maximum Gasteiger partial charge on any atom is 0.242 e. The molecule has 0 spiro atoms. The third kappa shape index (κ3) is 6.49. The number of anilines is 1. The molecule has 0 unspecified atom stereocenters. The Morgan fingerprint density at radius 1 is 0.920 bits per heavy atom. The van der Waals surface area contributed by atoms with Gasteiger partial charge in [0, 0.05) is 11.4 Å². The minimum Gasteiger partial charge on any atom is -0.326 e. The highest BCUT2D eigenvalue weighted by molar-refractivity contribution is 6.42. The molecular weight excluding hydrogens is 361 g/mol. The zero-order valence-corrected chi connectivity index (χ0v) is 14.8. The van der Waals surface area contributed by atoms with Crippen LogP contribution < -0.4 is 16.2 Å². The Morgan fingerprint density at radius 3 is 2.32 bits per heavy atom. The van der Waals surface area contributed by atoms with Crippen LogP contribution in [0.4, 0.5) is 5.69 Å². The molecule has 0 fully saturated rings. The van der Waals surface area contributed by atoms with Crippen LogP contribution in [0, 0.1) is 0 Å². The summed E-state index contributed by atoms with van der Waals surface area (Å²) >= 11 is 11.7. The number of hydrazine groups is 1. The van der Waals surface area contributed by atoms with Gasteiger partial charge in [0.15, 0.2) is 0 Å². The highest BCUT2D eigenvalue weighted by Gasteiger charge is 2.08. The lowest BCUT2D eigenvalue weighted by Gasteiger charge is -2.11. The average Bonchev–Trinajstić information content (AvgIpc) is 2.57. The quantitative estimate of drug-likeness (QED) is 0.644. The van der Waals surface area contributed by atoms with Crippen molar-refractivity contribution >= 4 is 40.7 Å². The Labute approximate surface area is 156 Å². The number of benzene rings is 2. The van der Waals surface area contributed by atoms with Crippen LogP contribution in [0.1, 0.15) is 12.0 Å². The summed E-state index contributed by atoms with van der Waals surface area (Å²) in [5, 5.41) is 3.43. The Bertz CT molecular complexity index is 779. The molecule has 0 radical (unpaired) electrons. The van der Waals surface area contributed by atoms with Crippen LogP contribution >= 0.6 is 23.2 Å². The van der Waals surface area contributed by atoms with Gasteiger partial charge in [-0.2, -0.15) is 0 Å². The van der Waals surface area contributed by atoms with Crippen molar-refractivity contribution < 1.29 is 9.59 Å². The first-order chi connectivity index (χ1) is 11.9. The fourth-order valence-electron chi connectivity index (χ4n) is 2.00. The molecule has 0 bridgehead atoms. The van der Waals surface area contributed by atoms with Crippen molar-refractivity contribution in [1.29, 1.82) is 0 Å². The van der Waals surface area contributed by atoms with E-state index in [1.54, 1.807) is 18.2 Å². The van der Waals surface area contributed by atoms with Crippen LogP contribution in [0.3, 0.4) is 0 Å². The lowest BCUT2D eigenvalue weighted by molar-refractivity contribution is -0.121. The minimum atomic E-state index is -0.298. The molecule has 0 aliphatic rings. The summed E-state index contributed by atoms with van der Waals surface area (Å²) < 4.78 is 0. The molecule has 0 aliphatic carbocycles. The molecule has 25 heavy (non-hydrogen) atoms. The number of carbonyl (C=O) groups is 2. The topological polar surface area (TPSA) is 70.2 Å². The molecule has 0 heterocycles. The molecule has 7 heteroatoms. The number of hydrogen-bond donors (Lipinski definition) is 3. The minimum absolute atomic E-state index is 0.00807. The first kappa shape index (κ1) is 18.8. The van der Waals surface area contributed by atoms with Gasteiger partial charge in [-0.15, -0.1) is 0 Å². The van der Waals surface area contributed by atoms with Crippen molar-refractivity contribution in [2.45, 2.75) is 12.8 Å². The van der Waals surface area contributed by atoms with E-state index in [4.69, 9.17) is 23.2 Å². The standard InChI is InChI=1S/C18H17Cl2N3O2/c1-12(22-23-18(25)10-13-5-3-2-4-6-13)9-17(24)21-14-7-8-15(19)16(20)11-14/h2-8,11,22H,1,9-10H2,(H,21,24)(H,23,25). The van der Waals surface area contributed by atoms with Gasteiger partial charge in [0.05, 0.1) is 22.9 Å². The normalized spacial score (nSPS) is 10.0. The largest absolute Gasteiger partial charge is 0.326 e. The second-order valence-corrected chi connectivity index (χ2v) is 6.11. The molecule has 2 rings (SSSR count). The van der Waals surface area contributed by atoms with Gasteiger partial charge in [-0.3, -0.25) is 15.0 Å². The smallest absolute Gasteiger partial charge is 0.242 e. The molecule has 2 amide bonds. The van der Waals surface area contributed by atoms with E-state index in [9.17, 15) is 9.59 Å². The fraction of sp³-hybridized carbons (Fsp3) is 0.111. The summed E-state index contributed by atoms with van der Waals surface area (Å²) in [6, 6.07) is 14.1. The van der Waals surface area contributed by atoms with Crippen LogP contribution in [0.25, 0.3) is 0 Å². The first-order valence-corrected chi connectivity index (χ1v) is 8.21. The van der Waals surface area contributed by atoms with Crippen LogP contribution in [0.2, 0.25) is 10.0 Å². The van der Waals surface area contributed by atoms with Gasteiger partial charge in [-0.05, 0) is 23.8 Å². The zero-order valence-electron chi connectivity index (χ0n) is 13.3. The number of carbonyl (C=O) groups excluding carboxylic acids is 2. The summed E-state index contributed by atoms with van der Waals surface area (Å²) in [4.78, 5) is 23.8. The maximum atomic E-state index is 12.0. The van der Waals surface area contributed by atoms with Crippen molar-refractivity contribution in [3.05, 3.63) is 76.4 Å². The Balaban J connectivity index is 1.74. The van der Waals surface area contributed by atoms with E-state index >= 15 is 0 Å². The van der Waals surface area contributed by atoms with E-state index in [1.807, 2.05) is 30.3 Å². The monoisotopic (exact) mass is 377 g/mol. The van der Waals surface area contributed by atoms with E-state index in [0.717, 1.165) is 5.56 Å². The van der Waals surface area contributed by atoms with Crippen LogP contribution in [-0.4, -0.2) is 11.8 Å². The van der Waals surface area contributed by atoms with Gasteiger partial charge in [0.25, 0.3) is 0 Å². The predicted octanol–water partition coefficient (Wildman–Crippen LogP) is 3.70. The molecule has 0 saturated carbocycles. The molecule has 0 aliphatic heterocycles. The molecule has 2 aromatic carbocycles.